The van der Waals surface area contributed by atoms with Crippen LogP contribution in [-0.4, -0.2) is 45.0 Å². The van der Waals surface area contributed by atoms with Gasteiger partial charge in [-0.2, -0.15) is 0 Å². The van der Waals surface area contributed by atoms with Crippen LogP contribution >= 0.6 is 11.3 Å². The number of hydrogen-bond donors (Lipinski definition) is 1. The molecular formula is C8H12N2O4S2. The standard InChI is InChI=1S/C8H12N2O4S2/c1-14-7(11)6-5-10-8(15-6)9-3-4-16(2,12)13/h5H,3-4H2,1-2H3,(H,9,10). The Hall–Kier alpha value is -1.15. The molecule has 1 aromatic rings. The highest BCUT2D eigenvalue weighted by Crippen LogP contribution is 2.18. The summed E-state index contributed by atoms with van der Waals surface area (Å²) in [5, 5.41) is 3.32. The van der Waals surface area contributed by atoms with Gasteiger partial charge in [0.15, 0.2) is 5.13 Å². The van der Waals surface area contributed by atoms with Crippen LogP contribution in [0.5, 0.6) is 0 Å². The van der Waals surface area contributed by atoms with Crippen molar-refractivity contribution in [3.05, 3.63) is 11.1 Å². The maximum atomic E-state index is 11.1. The molecule has 0 aromatic carbocycles. The molecule has 1 aromatic heterocycles. The summed E-state index contributed by atoms with van der Waals surface area (Å²) >= 11 is 1.12. The zero-order chi connectivity index (χ0) is 12.2. The van der Waals surface area contributed by atoms with Gasteiger partial charge >= 0.3 is 5.97 Å². The number of rotatable bonds is 5. The van der Waals surface area contributed by atoms with Crippen LogP contribution in [0.2, 0.25) is 0 Å². The number of anilines is 1. The van der Waals surface area contributed by atoms with E-state index in [0.717, 1.165) is 17.6 Å². The van der Waals surface area contributed by atoms with Crippen molar-refractivity contribution in [3.8, 4) is 0 Å². The van der Waals surface area contributed by atoms with Crippen LogP contribution in [0.4, 0.5) is 5.13 Å². The molecule has 1 rings (SSSR count). The van der Waals surface area contributed by atoms with Gasteiger partial charge < -0.3 is 10.1 Å². The Kier molecular flexibility index (Phi) is 4.25. The molecule has 90 valence electrons. The SMILES string of the molecule is COC(=O)c1cnc(NCCS(C)(=O)=O)s1. The average Bonchev–Trinajstić information content (AvgIpc) is 2.63. The Morgan fingerprint density at radius 2 is 2.31 bits per heavy atom. The topological polar surface area (TPSA) is 85.4 Å². The number of sulfone groups is 1. The first-order valence-electron chi connectivity index (χ1n) is 4.38. The molecule has 0 radical (unpaired) electrons. The van der Waals surface area contributed by atoms with Gasteiger partial charge in [0, 0.05) is 12.8 Å². The lowest BCUT2D eigenvalue weighted by Crippen LogP contribution is -2.13. The second kappa shape index (κ2) is 5.26. The molecule has 0 saturated carbocycles. The second-order valence-electron chi connectivity index (χ2n) is 3.08. The van der Waals surface area contributed by atoms with Crippen molar-refractivity contribution in [2.24, 2.45) is 0 Å². The molecule has 0 atom stereocenters. The van der Waals surface area contributed by atoms with E-state index in [1.165, 1.54) is 13.3 Å². The lowest BCUT2D eigenvalue weighted by atomic mass is 10.6. The molecule has 8 heteroatoms. The quantitative estimate of drug-likeness (QED) is 0.774. The molecule has 0 amide bonds. The Morgan fingerprint density at radius 1 is 1.62 bits per heavy atom. The predicted octanol–water partition coefficient (Wildman–Crippen LogP) is 0.386. The number of carbonyl (C=O) groups is 1. The average molecular weight is 264 g/mol. The van der Waals surface area contributed by atoms with Crippen LogP contribution < -0.4 is 5.32 Å². The normalized spacial score (nSPS) is 11.1. The summed E-state index contributed by atoms with van der Waals surface area (Å²) in [6.45, 7) is 0.271. The summed E-state index contributed by atoms with van der Waals surface area (Å²) in [4.78, 5) is 15.4. The molecule has 0 aliphatic carbocycles. The largest absolute Gasteiger partial charge is 0.465 e. The van der Waals surface area contributed by atoms with Crippen LogP contribution in [0.15, 0.2) is 6.20 Å². The number of thiazole rings is 1. The van der Waals surface area contributed by atoms with Crippen molar-refractivity contribution >= 4 is 32.3 Å². The molecule has 0 fully saturated rings. The molecule has 6 nitrogen and oxygen atoms in total. The van der Waals surface area contributed by atoms with Gasteiger partial charge in [0.25, 0.3) is 0 Å². The van der Waals surface area contributed by atoms with Gasteiger partial charge in [0.05, 0.1) is 19.1 Å². The van der Waals surface area contributed by atoms with Gasteiger partial charge in [0.1, 0.15) is 14.7 Å². The van der Waals surface area contributed by atoms with Gasteiger partial charge in [-0.05, 0) is 0 Å². The maximum Gasteiger partial charge on any atom is 0.349 e. The number of ether oxygens (including phenoxy) is 1. The monoisotopic (exact) mass is 264 g/mol. The molecule has 16 heavy (non-hydrogen) atoms. The summed E-state index contributed by atoms with van der Waals surface area (Å²) < 4.78 is 26.2. The van der Waals surface area contributed by atoms with E-state index in [0.29, 0.717) is 10.0 Å². The predicted molar refractivity (Wildman–Crippen MR) is 61.7 cm³/mol. The number of nitrogens with zero attached hydrogens (tertiary/aromatic N) is 1. The zero-order valence-electron chi connectivity index (χ0n) is 8.89. The minimum absolute atomic E-state index is 0.0279. The Balaban J connectivity index is 2.50. The van der Waals surface area contributed by atoms with E-state index in [1.807, 2.05) is 0 Å². The summed E-state index contributed by atoms with van der Waals surface area (Å²) in [6.07, 6.45) is 2.55. The summed E-state index contributed by atoms with van der Waals surface area (Å²) in [7, 11) is -1.70. The fraction of sp³-hybridized carbons (Fsp3) is 0.500. The van der Waals surface area contributed by atoms with E-state index in [2.05, 4.69) is 15.0 Å². The Morgan fingerprint density at radius 3 is 2.88 bits per heavy atom. The number of hydrogen-bond acceptors (Lipinski definition) is 7. The number of carbonyl (C=O) groups excluding carboxylic acids is 1. The molecular weight excluding hydrogens is 252 g/mol. The highest BCUT2D eigenvalue weighted by atomic mass is 32.2. The molecule has 0 bridgehead atoms. The smallest absolute Gasteiger partial charge is 0.349 e. The van der Waals surface area contributed by atoms with Gasteiger partial charge in [-0.25, -0.2) is 18.2 Å². The van der Waals surface area contributed by atoms with Gasteiger partial charge in [-0.15, -0.1) is 0 Å². The highest BCUT2D eigenvalue weighted by molar-refractivity contribution is 7.90. The highest BCUT2D eigenvalue weighted by Gasteiger charge is 2.10. The van der Waals surface area contributed by atoms with Crippen LogP contribution in [0, 0.1) is 0 Å². The first-order valence-corrected chi connectivity index (χ1v) is 7.26. The first-order chi connectivity index (χ1) is 7.42. The van der Waals surface area contributed by atoms with Crippen molar-refractivity contribution in [2.45, 2.75) is 0 Å². The third-order valence-electron chi connectivity index (χ3n) is 1.64. The third kappa shape index (κ3) is 4.15. The molecule has 1 heterocycles. The number of aromatic nitrogens is 1. The lowest BCUT2D eigenvalue weighted by Gasteiger charge is -1.99. The zero-order valence-corrected chi connectivity index (χ0v) is 10.5. The summed E-state index contributed by atoms with van der Waals surface area (Å²) in [6, 6.07) is 0. The third-order valence-corrected chi connectivity index (χ3v) is 3.52. The van der Waals surface area contributed by atoms with Crippen LogP contribution in [0.1, 0.15) is 9.67 Å². The van der Waals surface area contributed by atoms with E-state index < -0.39 is 15.8 Å². The first kappa shape index (κ1) is 12.9. The van der Waals surface area contributed by atoms with E-state index in [-0.39, 0.29) is 12.3 Å². The fourth-order valence-corrected chi connectivity index (χ4v) is 2.13. The fourth-order valence-electron chi connectivity index (χ4n) is 0.894. The van der Waals surface area contributed by atoms with E-state index in [4.69, 9.17) is 0 Å². The van der Waals surface area contributed by atoms with E-state index in [9.17, 15) is 13.2 Å². The van der Waals surface area contributed by atoms with Crippen LogP contribution in [0.25, 0.3) is 0 Å². The van der Waals surface area contributed by atoms with Crippen molar-refractivity contribution < 1.29 is 17.9 Å². The van der Waals surface area contributed by atoms with Crippen LogP contribution in [0.3, 0.4) is 0 Å². The molecule has 1 N–H and O–H groups in total. The Labute approximate surface area is 97.6 Å². The molecule has 0 unspecified atom stereocenters. The van der Waals surface area contributed by atoms with Crippen molar-refractivity contribution in [3.63, 3.8) is 0 Å². The van der Waals surface area contributed by atoms with Gasteiger partial charge in [0.2, 0.25) is 0 Å². The van der Waals surface area contributed by atoms with E-state index in [1.54, 1.807) is 0 Å². The summed E-state index contributed by atoms with van der Waals surface area (Å²) in [5.74, 6) is -0.422. The van der Waals surface area contributed by atoms with Gasteiger partial charge in [-0.1, -0.05) is 11.3 Å². The van der Waals surface area contributed by atoms with Crippen molar-refractivity contribution in [1.82, 2.24) is 4.98 Å². The van der Waals surface area contributed by atoms with Crippen LogP contribution in [-0.2, 0) is 14.6 Å². The number of methoxy groups -OCH3 is 1. The number of nitrogens with one attached hydrogen (secondary N) is 1. The molecule has 0 saturated heterocycles. The second-order valence-corrected chi connectivity index (χ2v) is 6.37. The molecule has 0 aliphatic rings. The minimum Gasteiger partial charge on any atom is -0.465 e. The molecule has 0 spiro atoms. The lowest BCUT2D eigenvalue weighted by molar-refractivity contribution is 0.0606. The Bertz CT molecular complexity index is 466. The summed E-state index contributed by atoms with van der Waals surface area (Å²) in [5.41, 5.74) is 0. The van der Waals surface area contributed by atoms with E-state index >= 15 is 0 Å². The van der Waals surface area contributed by atoms with Crippen molar-refractivity contribution in [2.75, 3.05) is 31.0 Å². The maximum absolute atomic E-state index is 11.1. The van der Waals surface area contributed by atoms with Crippen molar-refractivity contribution in [1.29, 1.82) is 0 Å². The number of esters is 1. The minimum atomic E-state index is -2.99. The molecule has 0 aliphatic heterocycles. The van der Waals surface area contributed by atoms with Gasteiger partial charge in [-0.3, -0.25) is 0 Å².